The number of hydrogen-bond donors (Lipinski definition) is 1. The van der Waals surface area contributed by atoms with Crippen LogP contribution in [-0.4, -0.2) is 17.2 Å². The largest absolute Gasteiger partial charge is 0.491 e. The van der Waals surface area contributed by atoms with Crippen molar-refractivity contribution >= 4 is 5.97 Å². The topological polar surface area (TPSA) is 46.5 Å². The van der Waals surface area contributed by atoms with E-state index in [0.29, 0.717) is 11.8 Å². The van der Waals surface area contributed by atoms with Crippen molar-refractivity contribution in [3.63, 3.8) is 0 Å². The third-order valence-electron chi connectivity index (χ3n) is 3.72. The average Bonchev–Trinajstić information content (AvgIpc) is 3.08. The quantitative estimate of drug-likeness (QED) is 0.850. The van der Waals surface area contributed by atoms with Crippen LogP contribution in [0.1, 0.15) is 45.1 Å². The lowest BCUT2D eigenvalue weighted by molar-refractivity contribution is -0.138. The Morgan fingerprint density at radius 2 is 1.95 bits per heavy atom. The molecule has 0 aromatic heterocycles. The van der Waals surface area contributed by atoms with Crippen molar-refractivity contribution in [2.45, 2.75) is 45.6 Å². The molecule has 0 spiro atoms. The van der Waals surface area contributed by atoms with Crippen LogP contribution >= 0.6 is 0 Å². The first kappa shape index (κ1) is 13.9. The maximum atomic E-state index is 10.8. The standard InChI is InChI=1S/C16H22O3/c1-10(2)19-14-6-4-12(5-7-14)11(3)8-13-9-15(13)16(17)18/h4-7,10-11,13,15H,8-9H2,1-3H3,(H,17,18). The van der Waals surface area contributed by atoms with E-state index >= 15 is 0 Å². The Morgan fingerprint density at radius 1 is 1.32 bits per heavy atom. The second-order valence-corrected chi connectivity index (χ2v) is 5.81. The molecule has 1 saturated carbocycles. The number of benzene rings is 1. The highest BCUT2D eigenvalue weighted by molar-refractivity contribution is 5.73. The molecule has 3 nitrogen and oxygen atoms in total. The first-order valence-electron chi connectivity index (χ1n) is 6.96. The molecule has 104 valence electrons. The Hall–Kier alpha value is -1.51. The number of ether oxygens (including phenoxy) is 1. The van der Waals surface area contributed by atoms with Gasteiger partial charge in [-0.1, -0.05) is 19.1 Å². The second kappa shape index (κ2) is 5.64. The fourth-order valence-electron chi connectivity index (χ4n) is 2.55. The molecule has 1 N–H and O–H groups in total. The van der Waals surface area contributed by atoms with Gasteiger partial charge in [0.15, 0.2) is 0 Å². The Labute approximate surface area is 114 Å². The van der Waals surface area contributed by atoms with Crippen molar-refractivity contribution in [2.75, 3.05) is 0 Å². The number of carboxylic acid groups (broad SMARTS) is 1. The van der Waals surface area contributed by atoms with Crippen molar-refractivity contribution in [3.05, 3.63) is 29.8 Å². The van der Waals surface area contributed by atoms with Crippen LogP contribution in [0.3, 0.4) is 0 Å². The fourth-order valence-corrected chi connectivity index (χ4v) is 2.55. The number of carboxylic acids is 1. The van der Waals surface area contributed by atoms with Gasteiger partial charge in [-0.3, -0.25) is 4.79 Å². The molecule has 0 heterocycles. The minimum Gasteiger partial charge on any atom is -0.491 e. The summed E-state index contributed by atoms with van der Waals surface area (Å²) in [5, 5.41) is 8.91. The molecule has 3 heteroatoms. The monoisotopic (exact) mass is 262 g/mol. The second-order valence-electron chi connectivity index (χ2n) is 5.81. The van der Waals surface area contributed by atoms with Crippen LogP contribution in [0.4, 0.5) is 0 Å². The Kier molecular flexibility index (Phi) is 4.13. The van der Waals surface area contributed by atoms with E-state index in [0.717, 1.165) is 18.6 Å². The zero-order valence-electron chi connectivity index (χ0n) is 11.8. The summed E-state index contributed by atoms with van der Waals surface area (Å²) >= 11 is 0. The molecule has 0 bridgehead atoms. The minimum atomic E-state index is -0.641. The molecule has 1 aliphatic rings. The van der Waals surface area contributed by atoms with Crippen molar-refractivity contribution in [1.29, 1.82) is 0 Å². The van der Waals surface area contributed by atoms with Gasteiger partial charge in [-0.2, -0.15) is 0 Å². The van der Waals surface area contributed by atoms with Crippen molar-refractivity contribution < 1.29 is 14.6 Å². The fraction of sp³-hybridized carbons (Fsp3) is 0.562. The highest BCUT2D eigenvalue weighted by Crippen LogP contribution is 2.45. The summed E-state index contributed by atoms with van der Waals surface area (Å²) in [6, 6.07) is 8.15. The predicted octanol–water partition coefficient (Wildman–Crippen LogP) is 3.69. The Morgan fingerprint density at radius 3 is 2.42 bits per heavy atom. The third kappa shape index (κ3) is 3.72. The predicted molar refractivity (Wildman–Crippen MR) is 74.5 cm³/mol. The van der Waals surface area contributed by atoms with Crippen LogP contribution < -0.4 is 4.74 Å². The first-order chi connectivity index (χ1) is 8.97. The van der Waals surface area contributed by atoms with Gasteiger partial charge >= 0.3 is 5.97 Å². The third-order valence-corrected chi connectivity index (χ3v) is 3.72. The van der Waals surface area contributed by atoms with Crippen LogP contribution in [0.15, 0.2) is 24.3 Å². The SMILES string of the molecule is CC(C)Oc1ccc(C(C)CC2CC2C(=O)O)cc1. The Bertz CT molecular complexity index is 436. The van der Waals surface area contributed by atoms with E-state index in [-0.39, 0.29) is 12.0 Å². The molecule has 1 aliphatic carbocycles. The zero-order chi connectivity index (χ0) is 14.0. The van der Waals surface area contributed by atoms with Gasteiger partial charge in [-0.25, -0.2) is 0 Å². The average molecular weight is 262 g/mol. The van der Waals surface area contributed by atoms with Gasteiger partial charge < -0.3 is 9.84 Å². The minimum absolute atomic E-state index is 0.106. The molecule has 19 heavy (non-hydrogen) atoms. The van der Waals surface area contributed by atoms with Crippen LogP contribution in [-0.2, 0) is 4.79 Å². The van der Waals surface area contributed by atoms with Gasteiger partial charge in [0.1, 0.15) is 5.75 Å². The summed E-state index contributed by atoms with van der Waals surface area (Å²) < 4.78 is 5.61. The van der Waals surface area contributed by atoms with E-state index in [1.165, 1.54) is 5.56 Å². The van der Waals surface area contributed by atoms with Crippen LogP contribution in [0.5, 0.6) is 5.75 Å². The van der Waals surface area contributed by atoms with Gasteiger partial charge in [0.25, 0.3) is 0 Å². The van der Waals surface area contributed by atoms with E-state index in [9.17, 15) is 4.79 Å². The lowest BCUT2D eigenvalue weighted by Crippen LogP contribution is -2.05. The molecule has 3 unspecified atom stereocenters. The van der Waals surface area contributed by atoms with E-state index in [1.54, 1.807) is 0 Å². The smallest absolute Gasteiger partial charge is 0.306 e. The van der Waals surface area contributed by atoms with E-state index in [1.807, 2.05) is 26.0 Å². The molecule has 0 aliphatic heterocycles. The molecular weight excluding hydrogens is 240 g/mol. The number of rotatable bonds is 6. The van der Waals surface area contributed by atoms with Crippen molar-refractivity contribution in [2.24, 2.45) is 11.8 Å². The molecule has 0 radical (unpaired) electrons. The van der Waals surface area contributed by atoms with E-state index in [4.69, 9.17) is 9.84 Å². The molecular formula is C16H22O3. The summed E-state index contributed by atoms with van der Waals surface area (Å²) in [5.74, 6) is 0.909. The van der Waals surface area contributed by atoms with Crippen molar-refractivity contribution in [1.82, 2.24) is 0 Å². The molecule has 0 amide bonds. The Balaban J connectivity index is 1.89. The van der Waals surface area contributed by atoms with Gasteiger partial charge in [0, 0.05) is 0 Å². The number of carbonyl (C=O) groups is 1. The maximum Gasteiger partial charge on any atom is 0.306 e. The van der Waals surface area contributed by atoms with Gasteiger partial charge in [-0.15, -0.1) is 0 Å². The maximum absolute atomic E-state index is 10.8. The lowest BCUT2D eigenvalue weighted by atomic mass is 9.95. The molecule has 1 aromatic carbocycles. The van der Waals surface area contributed by atoms with Crippen molar-refractivity contribution in [3.8, 4) is 5.75 Å². The highest BCUT2D eigenvalue weighted by Gasteiger charge is 2.43. The first-order valence-corrected chi connectivity index (χ1v) is 6.96. The lowest BCUT2D eigenvalue weighted by Gasteiger charge is -2.14. The normalized spacial score (nSPS) is 23.2. The number of aliphatic carboxylic acids is 1. The summed E-state index contributed by atoms with van der Waals surface area (Å²) in [4.78, 5) is 10.8. The summed E-state index contributed by atoms with van der Waals surface area (Å²) in [5.41, 5.74) is 1.26. The van der Waals surface area contributed by atoms with Gasteiger partial charge in [0.05, 0.1) is 12.0 Å². The molecule has 3 atom stereocenters. The molecule has 1 aromatic rings. The van der Waals surface area contributed by atoms with Crippen LogP contribution in [0, 0.1) is 11.8 Å². The molecule has 1 fully saturated rings. The van der Waals surface area contributed by atoms with Gasteiger partial charge in [-0.05, 0) is 56.2 Å². The van der Waals surface area contributed by atoms with E-state index in [2.05, 4.69) is 19.1 Å². The molecule has 2 rings (SSSR count). The van der Waals surface area contributed by atoms with Gasteiger partial charge in [0.2, 0.25) is 0 Å². The van der Waals surface area contributed by atoms with Crippen LogP contribution in [0.25, 0.3) is 0 Å². The zero-order valence-corrected chi connectivity index (χ0v) is 11.8. The molecule has 0 saturated heterocycles. The summed E-state index contributed by atoms with van der Waals surface area (Å²) in [6.07, 6.45) is 1.99. The summed E-state index contributed by atoms with van der Waals surface area (Å²) in [6.45, 7) is 6.18. The number of hydrogen-bond acceptors (Lipinski definition) is 2. The van der Waals surface area contributed by atoms with Crippen LogP contribution in [0.2, 0.25) is 0 Å². The highest BCUT2D eigenvalue weighted by atomic mass is 16.5. The van der Waals surface area contributed by atoms with E-state index < -0.39 is 5.97 Å². The summed E-state index contributed by atoms with van der Waals surface area (Å²) in [7, 11) is 0.